The summed E-state index contributed by atoms with van der Waals surface area (Å²) in [6.07, 6.45) is 0.573. The molecule has 0 radical (unpaired) electrons. The predicted molar refractivity (Wildman–Crippen MR) is 110 cm³/mol. The standard InChI is InChI=1S/C24H21NO4/c26-23-14-15-24(27)25(23)20-8-6-19(7-9-20)17-29-22-12-10-21(11-13-22)28-16-18-4-2-1-3-5-18/h1-13H,14-17H2. The second-order valence-corrected chi connectivity index (χ2v) is 6.82. The van der Waals surface area contributed by atoms with Crippen molar-refractivity contribution in [2.24, 2.45) is 0 Å². The van der Waals surface area contributed by atoms with E-state index < -0.39 is 0 Å². The van der Waals surface area contributed by atoms with Crippen LogP contribution < -0.4 is 14.4 Å². The first-order valence-electron chi connectivity index (χ1n) is 9.53. The zero-order valence-electron chi connectivity index (χ0n) is 15.9. The van der Waals surface area contributed by atoms with Gasteiger partial charge in [-0.05, 0) is 47.5 Å². The molecule has 0 bridgehead atoms. The lowest BCUT2D eigenvalue weighted by Crippen LogP contribution is -2.28. The van der Waals surface area contributed by atoms with Gasteiger partial charge in [0.25, 0.3) is 0 Å². The molecular weight excluding hydrogens is 366 g/mol. The quantitative estimate of drug-likeness (QED) is 0.560. The molecule has 0 spiro atoms. The molecule has 1 heterocycles. The van der Waals surface area contributed by atoms with Gasteiger partial charge in [-0.15, -0.1) is 0 Å². The van der Waals surface area contributed by atoms with E-state index in [0.29, 0.717) is 18.9 Å². The number of hydrogen-bond donors (Lipinski definition) is 0. The molecule has 3 aromatic carbocycles. The lowest BCUT2D eigenvalue weighted by Gasteiger charge is -2.14. The first-order chi connectivity index (χ1) is 14.2. The molecule has 3 aromatic rings. The summed E-state index contributed by atoms with van der Waals surface area (Å²) in [4.78, 5) is 24.9. The number of benzene rings is 3. The van der Waals surface area contributed by atoms with Crippen LogP contribution in [0.1, 0.15) is 24.0 Å². The third-order valence-electron chi connectivity index (χ3n) is 4.72. The van der Waals surface area contributed by atoms with E-state index in [0.717, 1.165) is 22.6 Å². The van der Waals surface area contributed by atoms with E-state index >= 15 is 0 Å². The molecule has 5 nitrogen and oxygen atoms in total. The zero-order chi connectivity index (χ0) is 20.1. The first kappa shape index (κ1) is 18.7. The average Bonchev–Trinajstić information content (AvgIpc) is 3.11. The topological polar surface area (TPSA) is 55.8 Å². The number of amides is 2. The number of carbonyl (C=O) groups is 2. The van der Waals surface area contributed by atoms with E-state index in [-0.39, 0.29) is 24.7 Å². The predicted octanol–water partition coefficient (Wildman–Crippen LogP) is 4.50. The van der Waals surface area contributed by atoms with Crippen LogP contribution in [0.5, 0.6) is 11.5 Å². The van der Waals surface area contributed by atoms with E-state index in [1.54, 1.807) is 12.1 Å². The number of anilines is 1. The van der Waals surface area contributed by atoms with Gasteiger partial charge in [-0.25, -0.2) is 0 Å². The summed E-state index contributed by atoms with van der Waals surface area (Å²) in [6.45, 7) is 0.918. The maximum Gasteiger partial charge on any atom is 0.234 e. The third-order valence-corrected chi connectivity index (χ3v) is 4.72. The Bertz CT molecular complexity index is 966. The van der Waals surface area contributed by atoms with Crippen LogP contribution in [0.3, 0.4) is 0 Å². The number of carbonyl (C=O) groups excluding carboxylic acids is 2. The SMILES string of the molecule is O=C1CCC(=O)N1c1ccc(COc2ccc(OCc3ccccc3)cc2)cc1. The van der Waals surface area contributed by atoms with Crippen LogP contribution >= 0.6 is 0 Å². The van der Waals surface area contributed by atoms with Gasteiger partial charge in [-0.2, -0.15) is 0 Å². The Labute approximate surface area is 169 Å². The normalized spacial score (nSPS) is 13.6. The van der Waals surface area contributed by atoms with Gasteiger partial charge >= 0.3 is 0 Å². The summed E-state index contributed by atoms with van der Waals surface area (Å²) in [6, 6.07) is 24.8. The number of imide groups is 1. The van der Waals surface area contributed by atoms with Crippen molar-refractivity contribution < 1.29 is 19.1 Å². The van der Waals surface area contributed by atoms with Gasteiger partial charge in [0.1, 0.15) is 24.7 Å². The fourth-order valence-electron chi connectivity index (χ4n) is 3.15. The Balaban J connectivity index is 1.30. The van der Waals surface area contributed by atoms with Crippen molar-refractivity contribution in [3.05, 3.63) is 90.0 Å². The number of hydrogen-bond acceptors (Lipinski definition) is 4. The summed E-state index contributed by atoms with van der Waals surface area (Å²) in [7, 11) is 0. The lowest BCUT2D eigenvalue weighted by atomic mass is 10.2. The molecule has 0 N–H and O–H groups in total. The Kier molecular flexibility index (Phi) is 5.56. The molecular formula is C24H21NO4. The zero-order valence-corrected chi connectivity index (χ0v) is 15.9. The van der Waals surface area contributed by atoms with Gasteiger partial charge in [-0.3, -0.25) is 14.5 Å². The van der Waals surface area contributed by atoms with Crippen LogP contribution in [-0.2, 0) is 22.8 Å². The second-order valence-electron chi connectivity index (χ2n) is 6.82. The fourth-order valence-corrected chi connectivity index (χ4v) is 3.15. The van der Waals surface area contributed by atoms with Crippen molar-refractivity contribution in [3.63, 3.8) is 0 Å². The monoisotopic (exact) mass is 387 g/mol. The van der Waals surface area contributed by atoms with Crippen LogP contribution in [-0.4, -0.2) is 11.8 Å². The first-order valence-corrected chi connectivity index (χ1v) is 9.53. The smallest absolute Gasteiger partial charge is 0.234 e. The van der Waals surface area contributed by atoms with Crippen molar-refractivity contribution in [2.75, 3.05) is 4.90 Å². The van der Waals surface area contributed by atoms with Crippen LogP contribution in [0.4, 0.5) is 5.69 Å². The molecule has 1 aliphatic heterocycles. The van der Waals surface area contributed by atoms with Crippen LogP contribution in [0.25, 0.3) is 0 Å². The summed E-state index contributed by atoms with van der Waals surface area (Å²) in [5.74, 6) is 1.23. The van der Waals surface area contributed by atoms with Gasteiger partial charge in [0, 0.05) is 12.8 Å². The molecule has 0 atom stereocenters. The van der Waals surface area contributed by atoms with E-state index in [2.05, 4.69) is 0 Å². The maximum atomic E-state index is 11.8. The highest BCUT2D eigenvalue weighted by Crippen LogP contribution is 2.24. The molecule has 0 aliphatic carbocycles. The van der Waals surface area contributed by atoms with Gasteiger partial charge in [0.15, 0.2) is 0 Å². The molecule has 29 heavy (non-hydrogen) atoms. The maximum absolute atomic E-state index is 11.8. The molecule has 5 heteroatoms. The lowest BCUT2D eigenvalue weighted by molar-refractivity contribution is -0.121. The van der Waals surface area contributed by atoms with Gasteiger partial charge in [0.2, 0.25) is 11.8 Å². The van der Waals surface area contributed by atoms with Gasteiger partial charge in [0.05, 0.1) is 5.69 Å². The van der Waals surface area contributed by atoms with Crippen LogP contribution in [0, 0.1) is 0 Å². The summed E-state index contributed by atoms with van der Waals surface area (Å²) < 4.78 is 11.6. The van der Waals surface area contributed by atoms with Crippen LogP contribution in [0.15, 0.2) is 78.9 Å². The van der Waals surface area contributed by atoms with Crippen molar-refractivity contribution >= 4 is 17.5 Å². The fraction of sp³-hybridized carbons (Fsp3) is 0.167. The molecule has 1 aliphatic rings. The molecule has 1 fully saturated rings. The highest BCUT2D eigenvalue weighted by atomic mass is 16.5. The Morgan fingerprint density at radius 2 is 1.10 bits per heavy atom. The van der Waals surface area contributed by atoms with Crippen LogP contribution in [0.2, 0.25) is 0 Å². The minimum atomic E-state index is -0.145. The molecule has 2 amide bonds. The van der Waals surface area contributed by atoms with Crippen molar-refractivity contribution in [1.29, 1.82) is 0 Å². The van der Waals surface area contributed by atoms with E-state index in [9.17, 15) is 9.59 Å². The number of rotatable bonds is 7. The summed E-state index contributed by atoms with van der Waals surface area (Å²) in [5.41, 5.74) is 2.69. The molecule has 0 saturated carbocycles. The van der Waals surface area contributed by atoms with Crippen molar-refractivity contribution in [3.8, 4) is 11.5 Å². The Hall–Kier alpha value is -3.60. The van der Waals surface area contributed by atoms with Gasteiger partial charge < -0.3 is 9.47 Å². The molecule has 0 aromatic heterocycles. The minimum absolute atomic E-state index is 0.145. The van der Waals surface area contributed by atoms with E-state index in [1.165, 1.54) is 4.90 Å². The van der Waals surface area contributed by atoms with E-state index in [4.69, 9.17) is 9.47 Å². The Morgan fingerprint density at radius 1 is 0.621 bits per heavy atom. The van der Waals surface area contributed by atoms with Crippen molar-refractivity contribution in [1.82, 2.24) is 0 Å². The summed E-state index contributed by atoms with van der Waals surface area (Å²) >= 11 is 0. The number of nitrogens with zero attached hydrogens (tertiary/aromatic N) is 1. The third kappa shape index (κ3) is 4.63. The van der Waals surface area contributed by atoms with E-state index in [1.807, 2.05) is 66.7 Å². The minimum Gasteiger partial charge on any atom is -0.489 e. The molecule has 4 rings (SSSR count). The summed E-state index contributed by atoms with van der Waals surface area (Å²) in [5, 5.41) is 0. The molecule has 1 saturated heterocycles. The van der Waals surface area contributed by atoms with Gasteiger partial charge in [-0.1, -0.05) is 42.5 Å². The highest BCUT2D eigenvalue weighted by Gasteiger charge is 2.29. The molecule has 146 valence electrons. The second kappa shape index (κ2) is 8.61. The van der Waals surface area contributed by atoms with Crippen molar-refractivity contribution in [2.45, 2.75) is 26.1 Å². The number of ether oxygens (including phenoxy) is 2. The largest absolute Gasteiger partial charge is 0.489 e. The Morgan fingerprint density at radius 3 is 1.62 bits per heavy atom. The molecule has 0 unspecified atom stereocenters. The average molecular weight is 387 g/mol. The highest BCUT2D eigenvalue weighted by molar-refractivity contribution is 6.19.